The molecule has 4 rings (SSSR count). The lowest BCUT2D eigenvalue weighted by molar-refractivity contribution is 0.859. The number of nitrogens with two attached hydrogens (primary N) is 1. The highest BCUT2D eigenvalue weighted by Crippen LogP contribution is 2.31. The van der Waals surface area contributed by atoms with Crippen LogP contribution in [0.15, 0.2) is 53.5 Å². The van der Waals surface area contributed by atoms with Crippen molar-refractivity contribution < 1.29 is 0 Å². The highest BCUT2D eigenvalue weighted by Gasteiger charge is 2.13. The van der Waals surface area contributed by atoms with Crippen LogP contribution in [-0.4, -0.2) is 12.9 Å². The number of hydrogen-bond acceptors (Lipinski definition) is 3. The maximum absolute atomic E-state index is 5.97. The SMILES string of the molecule is NN1CN=Cc2c1ccc1cc3ccccc3cc21. The molecule has 3 nitrogen and oxygen atoms in total. The topological polar surface area (TPSA) is 41.6 Å². The van der Waals surface area contributed by atoms with Gasteiger partial charge in [-0.25, -0.2) is 5.84 Å². The Balaban J connectivity index is 2.14. The minimum Gasteiger partial charge on any atom is -0.289 e. The summed E-state index contributed by atoms with van der Waals surface area (Å²) >= 11 is 0. The van der Waals surface area contributed by atoms with E-state index in [1.807, 2.05) is 6.21 Å². The van der Waals surface area contributed by atoms with Crippen LogP contribution in [0.3, 0.4) is 0 Å². The Hall–Kier alpha value is -2.39. The first-order chi connectivity index (χ1) is 9.33. The Bertz CT molecular complexity index is 821. The quantitative estimate of drug-likeness (QED) is 0.490. The Kier molecular flexibility index (Phi) is 2.11. The molecule has 1 aliphatic heterocycles. The van der Waals surface area contributed by atoms with Gasteiger partial charge in [-0.3, -0.25) is 10.0 Å². The van der Waals surface area contributed by atoms with Crippen molar-refractivity contribution in [1.29, 1.82) is 0 Å². The van der Waals surface area contributed by atoms with Crippen molar-refractivity contribution in [3.05, 3.63) is 54.1 Å². The number of benzene rings is 3. The van der Waals surface area contributed by atoms with Gasteiger partial charge in [-0.15, -0.1) is 0 Å². The maximum atomic E-state index is 5.97. The normalized spacial score (nSPS) is 14.1. The molecule has 0 saturated heterocycles. The molecule has 3 heteroatoms. The van der Waals surface area contributed by atoms with Crippen LogP contribution in [-0.2, 0) is 0 Å². The first-order valence-corrected chi connectivity index (χ1v) is 6.30. The minimum atomic E-state index is 0.520. The summed E-state index contributed by atoms with van der Waals surface area (Å²) in [6, 6.07) is 17.0. The van der Waals surface area contributed by atoms with Crippen molar-refractivity contribution in [1.82, 2.24) is 0 Å². The van der Waals surface area contributed by atoms with Gasteiger partial charge in [0.2, 0.25) is 0 Å². The third-order valence-electron chi connectivity index (χ3n) is 3.67. The molecule has 0 spiro atoms. The zero-order valence-corrected chi connectivity index (χ0v) is 10.4. The minimum absolute atomic E-state index is 0.520. The van der Waals surface area contributed by atoms with Crippen LogP contribution in [0.4, 0.5) is 5.69 Å². The summed E-state index contributed by atoms with van der Waals surface area (Å²) in [6.07, 6.45) is 1.93. The number of hydrogen-bond donors (Lipinski definition) is 1. The van der Waals surface area contributed by atoms with Crippen LogP contribution < -0.4 is 10.9 Å². The van der Waals surface area contributed by atoms with Crippen LogP contribution in [0, 0.1) is 0 Å². The lowest BCUT2D eigenvalue weighted by Gasteiger charge is -2.23. The summed E-state index contributed by atoms with van der Waals surface area (Å²) in [4.78, 5) is 4.31. The zero-order valence-electron chi connectivity index (χ0n) is 10.4. The lowest BCUT2D eigenvalue weighted by atomic mass is 9.98. The number of anilines is 1. The monoisotopic (exact) mass is 247 g/mol. The second-order valence-electron chi connectivity index (χ2n) is 4.84. The molecule has 0 amide bonds. The molecule has 19 heavy (non-hydrogen) atoms. The number of rotatable bonds is 0. The Morgan fingerprint density at radius 3 is 2.58 bits per heavy atom. The average molecular weight is 247 g/mol. The molecule has 0 fully saturated rings. The molecule has 92 valence electrons. The highest BCUT2D eigenvalue weighted by molar-refractivity contribution is 6.10. The van der Waals surface area contributed by atoms with Crippen molar-refractivity contribution in [3.63, 3.8) is 0 Å². The molecule has 0 aliphatic carbocycles. The Morgan fingerprint density at radius 1 is 0.947 bits per heavy atom. The van der Waals surface area contributed by atoms with Crippen LogP contribution in [0.2, 0.25) is 0 Å². The standard InChI is InChI=1S/C16H13N3/c17-19-10-18-9-15-14-8-12-4-2-1-3-11(12)7-13(14)5-6-16(15)19/h1-9H,10,17H2. The first kappa shape index (κ1) is 10.5. The van der Waals surface area contributed by atoms with Gasteiger partial charge in [0.15, 0.2) is 0 Å². The second kappa shape index (κ2) is 3.80. The highest BCUT2D eigenvalue weighted by atomic mass is 15.4. The fraction of sp³-hybridized carbons (Fsp3) is 0.0625. The fourth-order valence-electron chi connectivity index (χ4n) is 2.71. The van der Waals surface area contributed by atoms with Gasteiger partial charge < -0.3 is 0 Å². The van der Waals surface area contributed by atoms with E-state index in [4.69, 9.17) is 5.84 Å². The summed E-state index contributed by atoms with van der Waals surface area (Å²) in [5.41, 5.74) is 2.15. The number of fused-ring (bicyclic) bond motifs is 4. The van der Waals surface area contributed by atoms with Crippen LogP contribution in [0.1, 0.15) is 5.56 Å². The van der Waals surface area contributed by atoms with Gasteiger partial charge >= 0.3 is 0 Å². The Labute approximate surface area is 110 Å². The molecule has 1 heterocycles. The summed E-state index contributed by atoms with van der Waals surface area (Å²) in [5, 5.41) is 6.61. The van der Waals surface area contributed by atoms with Gasteiger partial charge in [-0.2, -0.15) is 0 Å². The molecule has 3 aromatic rings. The van der Waals surface area contributed by atoms with Gasteiger partial charge in [0, 0.05) is 11.8 Å². The molecule has 2 N–H and O–H groups in total. The Morgan fingerprint density at radius 2 is 1.74 bits per heavy atom. The van der Waals surface area contributed by atoms with E-state index in [9.17, 15) is 0 Å². The molecule has 0 bridgehead atoms. The third-order valence-corrected chi connectivity index (χ3v) is 3.67. The zero-order chi connectivity index (χ0) is 12.8. The van der Waals surface area contributed by atoms with Crippen molar-refractivity contribution in [2.24, 2.45) is 10.8 Å². The second-order valence-corrected chi connectivity index (χ2v) is 4.84. The van der Waals surface area contributed by atoms with E-state index < -0.39 is 0 Å². The number of hydrazine groups is 1. The molecule has 3 aromatic carbocycles. The van der Waals surface area contributed by atoms with Crippen molar-refractivity contribution in [2.45, 2.75) is 0 Å². The van der Waals surface area contributed by atoms with Gasteiger partial charge in [0.1, 0.15) is 6.67 Å². The van der Waals surface area contributed by atoms with E-state index in [-0.39, 0.29) is 0 Å². The van der Waals surface area contributed by atoms with Gasteiger partial charge in [0.05, 0.1) is 5.69 Å². The maximum Gasteiger partial charge on any atom is 0.124 e. The average Bonchev–Trinajstić information content (AvgIpc) is 2.45. The van der Waals surface area contributed by atoms with Crippen LogP contribution in [0.25, 0.3) is 21.5 Å². The molecular formula is C16H13N3. The van der Waals surface area contributed by atoms with Gasteiger partial charge in [0.25, 0.3) is 0 Å². The molecule has 0 saturated carbocycles. The van der Waals surface area contributed by atoms with Crippen LogP contribution >= 0.6 is 0 Å². The smallest absolute Gasteiger partial charge is 0.124 e. The van der Waals surface area contributed by atoms with E-state index >= 15 is 0 Å². The third kappa shape index (κ3) is 1.52. The lowest BCUT2D eigenvalue weighted by Crippen LogP contribution is -2.33. The summed E-state index contributed by atoms with van der Waals surface area (Å²) < 4.78 is 0. The van der Waals surface area contributed by atoms with Crippen molar-refractivity contribution >= 4 is 33.4 Å². The molecule has 0 atom stereocenters. The molecular weight excluding hydrogens is 234 g/mol. The molecule has 1 aliphatic rings. The summed E-state index contributed by atoms with van der Waals surface area (Å²) in [5.74, 6) is 5.97. The van der Waals surface area contributed by atoms with Crippen LogP contribution in [0.5, 0.6) is 0 Å². The first-order valence-electron chi connectivity index (χ1n) is 6.30. The van der Waals surface area contributed by atoms with Crippen molar-refractivity contribution in [3.8, 4) is 0 Å². The fourth-order valence-corrected chi connectivity index (χ4v) is 2.71. The van der Waals surface area contributed by atoms with E-state index in [2.05, 4.69) is 53.5 Å². The molecule has 0 aromatic heterocycles. The molecule has 0 unspecified atom stereocenters. The largest absolute Gasteiger partial charge is 0.289 e. The van der Waals surface area contributed by atoms with Gasteiger partial charge in [-0.05, 0) is 39.7 Å². The van der Waals surface area contributed by atoms with E-state index in [1.165, 1.54) is 21.5 Å². The number of aliphatic imine (C=N–C) groups is 1. The number of nitrogens with zero attached hydrogens (tertiary/aromatic N) is 2. The van der Waals surface area contributed by atoms with E-state index in [0.29, 0.717) is 6.67 Å². The van der Waals surface area contributed by atoms with Gasteiger partial charge in [-0.1, -0.05) is 30.3 Å². The molecule has 0 radical (unpaired) electrons. The van der Waals surface area contributed by atoms with Crippen molar-refractivity contribution in [2.75, 3.05) is 11.7 Å². The summed E-state index contributed by atoms with van der Waals surface area (Å²) in [6.45, 7) is 0.520. The van der Waals surface area contributed by atoms with E-state index in [0.717, 1.165) is 11.3 Å². The summed E-state index contributed by atoms with van der Waals surface area (Å²) in [7, 11) is 0. The predicted molar refractivity (Wildman–Crippen MR) is 80.6 cm³/mol. The van der Waals surface area contributed by atoms with E-state index in [1.54, 1.807) is 5.01 Å². The predicted octanol–water partition coefficient (Wildman–Crippen LogP) is 3.06.